The number of carbonyl (C=O) groups is 1. The number of hydrogen-bond donors (Lipinski definition) is 0. The number of carbonyl (C=O) groups excluding carboxylic acids is 1. The van der Waals surface area contributed by atoms with Gasteiger partial charge in [-0.15, -0.1) is 0 Å². The molecule has 1 aliphatic rings. The van der Waals surface area contributed by atoms with Gasteiger partial charge >= 0.3 is 0 Å². The van der Waals surface area contributed by atoms with Crippen molar-refractivity contribution in [2.75, 3.05) is 18.6 Å². The Morgan fingerprint density at radius 3 is 2.58 bits per heavy atom. The second-order valence-electron chi connectivity index (χ2n) is 8.43. The molecule has 36 heavy (non-hydrogen) atoms. The van der Waals surface area contributed by atoms with Crippen molar-refractivity contribution in [2.24, 2.45) is 0 Å². The standard InChI is InChI=1S/C26H24N2O6S2/c1-32-20-9-7-18(8-10-20)24-15-23(27-34-24)26(29)28(19-13-14-36(30,31)17-19)16-21-11-12-25(33-21)35-22-5-3-2-4-6-22/h2-12,15,19H,13-14,16-17H2,1H3. The van der Waals surface area contributed by atoms with E-state index in [1.165, 1.54) is 16.7 Å². The molecular weight excluding hydrogens is 500 g/mol. The van der Waals surface area contributed by atoms with Gasteiger partial charge in [-0.05, 0) is 55.0 Å². The maximum atomic E-state index is 13.5. The fourth-order valence-corrected chi connectivity index (χ4v) is 6.61. The Bertz CT molecular complexity index is 1450. The quantitative estimate of drug-likeness (QED) is 0.320. The molecular formula is C26H24N2O6S2. The minimum atomic E-state index is -3.21. The van der Waals surface area contributed by atoms with E-state index in [1.54, 1.807) is 31.4 Å². The van der Waals surface area contributed by atoms with E-state index in [1.807, 2.05) is 48.5 Å². The van der Waals surface area contributed by atoms with Gasteiger partial charge in [0.05, 0.1) is 25.2 Å². The van der Waals surface area contributed by atoms with Crippen LogP contribution in [0.5, 0.6) is 5.75 Å². The fraction of sp³-hybridized carbons (Fsp3) is 0.231. The van der Waals surface area contributed by atoms with Crippen molar-refractivity contribution in [1.29, 1.82) is 0 Å². The number of furan rings is 1. The maximum absolute atomic E-state index is 13.5. The van der Waals surface area contributed by atoms with E-state index in [2.05, 4.69) is 5.16 Å². The van der Waals surface area contributed by atoms with E-state index < -0.39 is 21.8 Å². The second kappa shape index (κ2) is 10.2. The predicted molar refractivity (Wildman–Crippen MR) is 135 cm³/mol. The molecule has 1 saturated heterocycles. The van der Waals surface area contributed by atoms with Crippen LogP contribution in [0.15, 0.2) is 91.7 Å². The molecule has 0 bridgehead atoms. The van der Waals surface area contributed by atoms with E-state index in [0.29, 0.717) is 28.8 Å². The number of amides is 1. The summed E-state index contributed by atoms with van der Waals surface area (Å²) in [5.41, 5.74) is 0.849. The first-order valence-electron chi connectivity index (χ1n) is 11.3. The highest BCUT2D eigenvalue weighted by Gasteiger charge is 2.36. The number of hydrogen-bond acceptors (Lipinski definition) is 8. The summed E-state index contributed by atoms with van der Waals surface area (Å²) in [6, 6.07) is 21.8. The van der Waals surface area contributed by atoms with Crippen LogP contribution in [0.3, 0.4) is 0 Å². The molecule has 1 unspecified atom stereocenters. The summed E-state index contributed by atoms with van der Waals surface area (Å²) >= 11 is 1.47. The van der Waals surface area contributed by atoms with E-state index in [9.17, 15) is 13.2 Å². The Balaban J connectivity index is 1.37. The Labute approximate surface area is 213 Å². The molecule has 1 atom stereocenters. The van der Waals surface area contributed by atoms with Crippen LogP contribution in [-0.2, 0) is 16.4 Å². The third-order valence-electron chi connectivity index (χ3n) is 5.94. The monoisotopic (exact) mass is 524 g/mol. The Morgan fingerprint density at radius 2 is 1.89 bits per heavy atom. The van der Waals surface area contributed by atoms with Gasteiger partial charge in [-0.3, -0.25) is 4.79 Å². The molecule has 2 aromatic heterocycles. The van der Waals surface area contributed by atoms with E-state index in [4.69, 9.17) is 13.7 Å². The molecule has 10 heteroatoms. The summed E-state index contributed by atoms with van der Waals surface area (Å²) < 4.78 is 41.0. The SMILES string of the molecule is COc1ccc(-c2cc(C(=O)N(Cc3ccc(Sc4ccccc4)o3)C3CCS(=O)(=O)C3)no2)cc1. The van der Waals surface area contributed by atoms with Crippen molar-refractivity contribution in [3.05, 3.63) is 84.3 Å². The number of sulfone groups is 1. The van der Waals surface area contributed by atoms with Crippen molar-refractivity contribution in [3.8, 4) is 17.1 Å². The van der Waals surface area contributed by atoms with Gasteiger partial charge in [-0.1, -0.05) is 35.1 Å². The molecule has 3 heterocycles. The molecule has 0 aliphatic carbocycles. The van der Waals surface area contributed by atoms with Crippen molar-refractivity contribution in [3.63, 3.8) is 0 Å². The molecule has 1 aliphatic heterocycles. The lowest BCUT2D eigenvalue weighted by Crippen LogP contribution is -2.40. The molecule has 0 saturated carbocycles. The Kier molecular flexibility index (Phi) is 6.88. The van der Waals surface area contributed by atoms with E-state index >= 15 is 0 Å². The number of rotatable bonds is 8. The highest BCUT2D eigenvalue weighted by molar-refractivity contribution is 7.99. The van der Waals surface area contributed by atoms with Crippen LogP contribution >= 0.6 is 11.8 Å². The average Bonchev–Trinajstić information content (AvgIpc) is 3.63. The van der Waals surface area contributed by atoms with Crippen LogP contribution in [0.2, 0.25) is 0 Å². The fourth-order valence-electron chi connectivity index (χ4n) is 4.07. The lowest BCUT2D eigenvalue weighted by atomic mass is 10.1. The van der Waals surface area contributed by atoms with Gasteiger partial charge in [0.2, 0.25) is 0 Å². The number of methoxy groups -OCH3 is 1. The molecule has 5 rings (SSSR count). The van der Waals surface area contributed by atoms with Gasteiger partial charge in [0, 0.05) is 22.6 Å². The lowest BCUT2D eigenvalue weighted by molar-refractivity contribution is 0.0653. The minimum Gasteiger partial charge on any atom is -0.497 e. The summed E-state index contributed by atoms with van der Waals surface area (Å²) in [5, 5.41) is 4.67. The third kappa shape index (κ3) is 5.50. The molecule has 1 fully saturated rings. The van der Waals surface area contributed by atoms with Crippen LogP contribution in [0.4, 0.5) is 0 Å². The minimum absolute atomic E-state index is 0.0463. The summed E-state index contributed by atoms with van der Waals surface area (Å²) in [6.07, 6.45) is 0.365. The van der Waals surface area contributed by atoms with Crippen LogP contribution < -0.4 is 4.74 Å². The van der Waals surface area contributed by atoms with Gasteiger partial charge in [0.15, 0.2) is 26.4 Å². The highest BCUT2D eigenvalue weighted by atomic mass is 32.2. The Morgan fingerprint density at radius 1 is 1.11 bits per heavy atom. The van der Waals surface area contributed by atoms with Gasteiger partial charge < -0.3 is 18.6 Å². The summed E-state index contributed by atoms with van der Waals surface area (Å²) in [4.78, 5) is 16.1. The van der Waals surface area contributed by atoms with Crippen LogP contribution in [0.25, 0.3) is 11.3 Å². The number of nitrogens with zero attached hydrogens (tertiary/aromatic N) is 2. The molecule has 0 N–H and O–H groups in total. The van der Waals surface area contributed by atoms with Gasteiger partial charge in [0.1, 0.15) is 11.5 Å². The second-order valence-corrected chi connectivity index (χ2v) is 11.7. The first kappa shape index (κ1) is 24.2. The first-order valence-corrected chi connectivity index (χ1v) is 14.0. The zero-order valence-electron chi connectivity index (χ0n) is 19.5. The molecule has 1 amide bonds. The molecule has 0 spiro atoms. The number of benzene rings is 2. The van der Waals surface area contributed by atoms with Crippen molar-refractivity contribution < 1.29 is 26.9 Å². The first-order chi connectivity index (χ1) is 17.4. The Hall–Kier alpha value is -3.50. The normalized spacial score (nSPS) is 16.6. The van der Waals surface area contributed by atoms with Gasteiger partial charge in [-0.2, -0.15) is 0 Å². The zero-order chi connectivity index (χ0) is 25.1. The van der Waals surface area contributed by atoms with Crippen LogP contribution in [0.1, 0.15) is 22.7 Å². The van der Waals surface area contributed by atoms with Crippen molar-refractivity contribution in [2.45, 2.75) is 29.0 Å². The number of ether oxygens (including phenoxy) is 1. The predicted octanol–water partition coefficient (Wildman–Crippen LogP) is 4.92. The average molecular weight is 525 g/mol. The third-order valence-corrected chi connectivity index (χ3v) is 8.62. The summed E-state index contributed by atoms with van der Waals surface area (Å²) in [7, 11) is -1.63. The maximum Gasteiger partial charge on any atom is 0.276 e. The van der Waals surface area contributed by atoms with Crippen molar-refractivity contribution in [1.82, 2.24) is 10.1 Å². The van der Waals surface area contributed by atoms with Crippen LogP contribution in [-0.4, -0.2) is 49.0 Å². The molecule has 186 valence electrons. The summed E-state index contributed by atoms with van der Waals surface area (Å²) in [5.74, 6) is 1.24. The van der Waals surface area contributed by atoms with E-state index in [-0.39, 0.29) is 23.7 Å². The van der Waals surface area contributed by atoms with E-state index in [0.717, 1.165) is 10.5 Å². The molecule has 8 nitrogen and oxygen atoms in total. The summed E-state index contributed by atoms with van der Waals surface area (Å²) in [6.45, 7) is 0.124. The molecule has 4 aromatic rings. The van der Waals surface area contributed by atoms with Crippen LogP contribution in [0, 0.1) is 0 Å². The highest BCUT2D eigenvalue weighted by Crippen LogP contribution is 2.31. The molecule has 2 aromatic carbocycles. The lowest BCUT2D eigenvalue weighted by Gasteiger charge is -2.26. The largest absolute Gasteiger partial charge is 0.497 e. The zero-order valence-corrected chi connectivity index (χ0v) is 21.1. The van der Waals surface area contributed by atoms with Gasteiger partial charge in [0.25, 0.3) is 5.91 Å². The smallest absolute Gasteiger partial charge is 0.276 e. The topological polar surface area (TPSA) is 103 Å². The van der Waals surface area contributed by atoms with Gasteiger partial charge in [-0.25, -0.2) is 8.42 Å². The number of aromatic nitrogens is 1. The van der Waals surface area contributed by atoms with Crippen molar-refractivity contribution >= 4 is 27.5 Å². The molecule has 0 radical (unpaired) electrons.